The lowest BCUT2D eigenvalue weighted by atomic mass is 10.0. The summed E-state index contributed by atoms with van der Waals surface area (Å²) in [5.74, 6) is -1.90. The first-order chi connectivity index (χ1) is 10.0. The second kappa shape index (κ2) is 6.06. The van der Waals surface area contributed by atoms with E-state index in [0.717, 1.165) is 0 Å². The van der Waals surface area contributed by atoms with Gasteiger partial charge >= 0.3 is 5.97 Å². The summed E-state index contributed by atoms with van der Waals surface area (Å²) in [6, 6.07) is 8.28. The normalized spacial score (nSPS) is 20.3. The van der Waals surface area contributed by atoms with Gasteiger partial charge in [0.1, 0.15) is 12.1 Å². The van der Waals surface area contributed by atoms with Crippen LogP contribution in [0.3, 0.4) is 0 Å². The van der Waals surface area contributed by atoms with Crippen molar-refractivity contribution in [3.05, 3.63) is 29.3 Å². The zero-order valence-corrected chi connectivity index (χ0v) is 11.2. The number of rotatable bonds is 3. The van der Waals surface area contributed by atoms with Crippen molar-refractivity contribution in [1.29, 1.82) is 10.5 Å². The number of nitrogens with zero attached hydrogens (tertiary/aromatic N) is 2. The highest BCUT2D eigenvalue weighted by Crippen LogP contribution is 2.32. The van der Waals surface area contributed by atoms with Crippen LogP contribution in [0.4, 0.5) is 5.69 Å². The van der Waals surface area contributed by atoms with Crippen LogP contribution in [-0.2, 0) is 9.59 Å². The second-order valence-corrected chi connectivity index (χ2v) is 5.02. The fourth-order valence-corrected chi connectivity index (χ4v) is 2.50. The van der Waals surface area contributed by atoms with Crippen molar-refractivity contribution in [3.63, 3.8) is 0 Å². The van der Waals surface area contributed by atoms with Gasteiger partial charge in [-0.25, -0.2) is 0 Å². The largest absolute Gasteiger partial charge is 0.481 e. The van der Waals surface area contributed by atoms with Gasteiger partial charge in [-0.1, -0.05) is 0 Å². The molecule has 0 radical (unpaired) electrons. The van der Waals surface area contributed by atoms with Gasteiger partial charge in [-0.2, -0.15) is 10.5 Å². The van der Waals surface area contributed by atoms with Crippen LogP contribution in [0.15, 0.2) is 18.2 Å². The molecule has 2 atom stereocenters. The fourth-order valence-electron chi connectivity index (χ4n) is 2.50. The molecule has 2 N–H and O–H groups in total. The summed E-state index contributed by atoms with van der Waals surface area (Å²) in [5, 5.41) is 29.4. The van der Waals surface area contributed by atoms with Gasteiger partial charge in [-0.05, 0) is 37.5 Å². The van der Waals surface area contributed by atoms with Crippen LogP contribution in [-0.4, -0.2) is 17.0 Å². The van der Waals surface area contributed by atoms with Gasteiger partial charge in [-0.3, -0.25) is 9.59 Å². The van der Waals surface area contributed by atoms with Crippen molar-refractivity contribution >= 4 is 17.6 Å². The maximum Gasteiger partial charge on any atom is 0.306 e. The minimum atomic E-state index is -0.865. The Balaban J connectivity index is 2.06. The number of nitrogens with one attached hydrogen (secondary N) is 1. The van der Waals surface area contributed by atoms with Crippen LogP contribution in [0.2, 0.25) is 0 Å². The predicted octanol–water partition coefficient (Wildman–Crippen LogP) is 1.87. The van der Waals surface area contributed by atoms with Crippen molar-refractivity contribution in [2.75, 3.05) is 5.32 Å². The molecule has 0 bridgehead atoms. The summed E-state index contributed by atoms with van der Waals surface area (Å²) < 4.78 is 0. The molecule has 0 unspecified atom stereocenters. The molecule has 1 aromatic carbocycles. The molecule has 0 heterocycles. The third-order valence-electron chi connectivity index (χ3n) is 3.68. The maximum absolute atomic E-state index is 12.1. The van der Waals surface area contributed by atoms with Gasteiger partial charge in [0, 0.05) is 11.6 Å². The molecule has 1 amide bonds. The number of carbonyl (C=O) groups is 2. The average molecular weight is 283 g/mol. The minimum absolute atomic E-state index is 0.199. The summed E-state index contributed by atoms with van der Waals surface area (Å²) in [6.07, 6.45) is 1.39. The highest BCUT2D eigenvalue weighted by molar-refractivity contribution is 5.93. The smallest absolute Gasteiger partial charge is 0.306 e. The van der Waals surface area contributed by atoms with Crippen molar-refractivity contribution in [1.82, 2.24) is 0 Å². The van der Waals surface area contributed by atoms with Gasteiger partial charge in [0.15, 0.2) is 0 Å². The number of carboxylic acid groups (broad SMARTS) is 1. The lowest BCUT2D eigenvalue weighted by molar-refractivity contribution is -0.141. The fraction of sp³-hybridized carbons (Fsp3) is 0.333. The van der Waals surface area contributed by atoms with E-state index in [4.69, 9.17) is 15.6 Å². The molecule has 6 nitrogen and oxygen atoms in total. The standard InChI is InChI=1S/C15H13N3O3/c16-7-11-3-4-13(6-12(11)8-17)18-14(19)9-1-2-10(5-9)15(20)21/h3-4,6,9-10H,1-2,5H2,(H,18,19)(H,20,21)/t9-,10+/m1/s1. The molecule has 1 fully saturated rings. The van der Waals surface area contributed by atoms with Crippen LogP contribution in [0, 0.1) is 34.5 Å². The Kier molecular flexibility index (Phi) is 4.20. The highest BCUT2D eigenvalue weighted by atomic mass is 16.4. The molecule has 6 heteroatoms. The van der Waals surface area contributed by atoms with E-state index in [1.807, 2.05) is 12.1 Å². The Hall–Kier alpha value is -2.86. The number of hydrogen-bond acceptors (Lipinski definition) is 4. The summed E-state index contributed by atoms with van der Waals surface area (Å²) in [7, 11) is 0. The first kappa shape index (κ1) is 14.5. The van der Waals surface area contributed by atoms with Gasteiger partial charge < -0.3 is 10.4 Å². The number of benzene rings is 1. The number of aliphatic carboxylic acids is 1. The van der Waals surface area contributed by atoms with Gasteiger partial charge in [-0.15, -0.1) is 0 Å². The van der Waals surface area contributed by atoms with Crippen LogP contribution in [0.25, 0.3) is 0 Å². The summed E-state index contributed by atoms with van der Waals surface area (Å²) >= 11 is 0. The van der Waals surface area contributed by atoms with E-state index >= 15 is 0 Å². The molecule has 21 heavy (non-hydrogen) atoms. The number of amides is 1. The Morgan fingerprint density at radius 2 is 1.81 bits per heavy atom. The molecular weight excluding hydrogens is 270 g/mol. The second-order valence-electron chi connectivity index (χ2n) is 5.02. The lowest BCUT2D eigenvalue weighted by Crippen LogP contribution is -2.21. The Morgan fingerprint density at radius 1 is 1.14 bits per heavy atom. The first-order valence-corrected chi connectivity index (χ1v) is 6.53. The molecule has 1 saturated carbocycles. The molecule has 0 spiro atoms. The summed E-state index contributed by atoms with van der Waals surface area (Å²) in [5.41, 5.74) is 0.891. The van der Waals surface area contributed by atoms with Crippen LogP contribution in [0.5, 0.6) is 0 Å². The predicted molar refractivity (Wildman–Crippen MR) is 73.0 cm³/mol. The molecule has 0 aliphatic heterocycles. The number of nitriles is 2. The molecule has 0 aromatic heterocycles. The molecule has 1 aromatic rings. The minimum Gasteiger partial charge on any atom is -0.481 e. The highest BCUT2D eigenvalue weighted by Gasteiger charge is 2.33. The van der Waals surface area contributed by atoms with Gasteiger partial charge in [0.25, 0.3) is 0 Å². The van der Waals surface area contributed by atoms with Crippen LogP contribution >= 0.6 is 0 Å². The van der Waals surface area contributed by atoms with Crippen molar-refractivity contribution in [3.8, 4) is 12.1 Å². The first-order valence-electron chi connectivity index (χ1n) is 6.53. The van der Waals surface area contributed by atoms with Crippen LogP contribution < -0.4 is 5.32 Å². The third-order valence-corrected chi connectivity index (χ3v) is 3.68. The maximum atomic E-state index is 12.1. The monoisotopic (exact) mass is 283 g/mol. The zero-order valence-electron chi connectivity index (χ0n) is 11.2. The van der Waals surface area contributed by atoms with E-state index in [1.165, 1.54) is 12.1 Å². The third kappa shape index (κ3) is 3.18. The average Bonchev–Trinajstić information content (AvgIpc) is 2.97. The molecule has 1 aliphatic rings. The van der Waals surface area contributed by atoms with E-state index < -0.39 is 11.9 Å². The number of hydrogen-bond donors (Lipinski definition) is 2. The summed E-state index contributed by atoms with van der Waals surface area (Å²) in [4.78, 5) is 23.0. The SMILES string of the molecule is N#Cc1ccc(NC(=O)[C@@H]2CC[C@H](C(=O)O)C2)cc1C#N. The number of anilines is 1. The molecular formula is C15H13N3O3. The van der Waals surface area contributed by atoms with Gasteiger partial charge in [0.2, 0.25) is 5.91 Å². The zero-order chi connectivity index (χ0) is 15.4. The quantitative estimate of drug-likeness (QED) is 0.878. The van der Waals surface area contributed by atoms with Gasteiger partial charge in [0.05, 0.1) is 17.0 Å². The molecule has 2 rings (SSSR count). The topological polar surface area (TPSA) is 114 Å². The van der Waals surface area contributed by atoms with E-state index in [-0.39, 0.29) is 23.0 Å². The summed E-state index contributed by atoms with van der Waals surface area (Å²) in [6.45, 7) is 0. The van der Waals surface area contributed by atoms with E-state index in [9.17, 15) is 9.59 Å². The number of carbonyl (C=O) groups excluding carboxylic acids is 1. The molecule has 1 aliphatic carbocycles. The van der Waals surface area contributed by atoms with Crippen molar-refractivity contribution in [2.24, 2.45) is 11.8 Å². The van der Waals surface area contributed by atoms with Crippen LogP contribution in [0.1, 0.15) is 30.4 Å². The number of carboxylic acids is 1. The van der Waals surface area contributed by atoms with Crippen molar-refractivity contribution < 1.29 is 14.7 Å². The Bertz CT molecular complexity index is 670. The van der Waals surface area contributed by atoms with E-state index in [1.54, 1.807) is 6.07 Å². The van der Waals surface area contributed by atoms with Crippen molar-refractivity contribution in [2.45, 2.75) is 19.3 Å². The van der Waals surface area contributed by atoms with E-state index in [0.29, 0.717) is 24.9 Å². The Morgan fingerprint density at radius 3 is 2.38 bits per heavy atom. The Labute approximate surface area is 121 Å². The lowest BCUT2D eigenvalue weighted by Gasteiger charge is -2.11. The molecule has 0 saturated heterocycles. The molecule has 106 valence electrons. The van der Waals surface area contributed by atoms with E-state index in [2.05, 4.69) is 5.32 Å².